The Morgan fingerprint density at radius 3 is 1.84 bits per heavy atom. The number of aliphatic hydroxyl groups is 2. The molecule has 1 heterocycles. The van der Waals surface area contributed by atoms with E-state index in [1.54, 1.807) is 67.6 Å². The zero-order valence-electron chi connectivity index (χ0n) is 40.0. The number of nitrogens with one attached hydrogen (secondary N) is 4. The van der Waals surface area contributed by atoms with Crippen molar-refractivity contribution >= 4 is 35.8 Å². The Labute approximate surface area is 411 Å². The van der Waals surface area contributed by atoms with E-state index in [2.05, 4.69) is 21.3 Å². The zero-order chi connectivity index (χ0) is 50.5. The molecule has 402 valence electrons. The third-order valence-electron chi connectivity index (χ3n) is 11.8. The van der Waals surface area contributed by atoms with Crippen molar-refractivity contribution in [2.45, 2.75) is 62.2 Å². The quantitative estimate of drug-likeness (QED) is 0.0271. The number of hydrogen-bond donors (Lipinski definition) is 7. The molecular formula is C52H61Fm2N5O14. The van der Waals surface area contributed by atoms with E-state index in [0.29, 0.717) is 43.3 Å². The maximum Gasteiger partial charge on any atom is 0.513 e. The summed E-state index contributed by atoms with van der Waals surface area (Å²) in [5.74, 6) is -4.38. The van der Waals surface area contributed by atoms with Crippen LogP contribution in [-0.2, 0) is 54.1 Å². The van der Waals surface area contributed by atoms with Crippen LogP contribution in [0.15, 0.2) is 115 Å². The molecule has 6 rings (SSSR count). The summed E-state index contributed by atoms with van der Waals surface area (Å²) in [5.41, 5.74) is 10.9. The van der Waals surface area contributed by atoms with E-state index >= 15 is 0 Å². The summed E-state index contributed by atoms with van der Waals surface area (Å²) < 4.78 is 32.7. The molecule has 21 heteroatoms. The van der Waals surface area contributed by atoms with E-state index in [0.717, 1.165) is 22.3 Å². The van der Waals surface area contributed by atoms with Crippen molar-refractivity contribution in [2.75, 3.05) is 66.0 Å². The topological polar surface area (TPSA) is 272 Å². The Bertz CT molecular complexity index is 2420. The molecule has 5 atom stereocenters. The largest absolute Gasteiger partial charge is 0.513 e. The minimum atomic E-state index is -1.62. The van der Waals surface area contributed by atoms with Crippen molar-refractivity contribution in [3.05, 3.63) is 137 Å². The Hall–Kier alpha value is -9.00. The molecule has 4 amide bonds. The molecule has 2 aliphatic rings. The van der Waals surface area contributed by atoms with Crippen LogP contribution in [0.2, 0.25) is 0 Å². The standard InChI is InChI=1S/C52H61N5O14.2Fm/c1-2-35-29-41(34-16-18-36(19-17-34)71-52(65)69-32-42-39-14-8-6-12-37(39)38-13-7-9-15-40(38)42)47(51(64)70-35)57-48(61)43(28-33-10-4-3-5-11-33)55-50(63)45(31-59)56-49(62)44(30-58)54-46(60)20-22-66-24-26-68-27-25-67-23-21-53;;/h2-19,41-45,47,58-59H,20-32,53H2,1H3,(H,54,60)(H,55,63)(H,56,62)(H,57,61);;/b35-2+;;. The number of nitrogens with two attached hydrogens (primary N) is 1. The summed E-state index contributed by atoms with van der Waals surface area (Å²) in [7, 11) is 0. The van der Waals surface area contributed by atoms with E-state index in [1.165, 1.54) is 0 Å². The van der Waals surface area contributed by atoms with Gasteiger partial charge in [-0.05, 0) is 58.5 Å². The molecule has 1 aliphatic carbocycles. The fourth-order valence-electron chi connectivity index (χ4n) is 8.18. The molecule has 0 spiro atoms. The van der Waals surface area contributed by atoms with Crippen LogP contribution in [-0.4, -0.2) is 136 Å². The van der Waals surface area contributed by atoms with Gasteiger partial charge in [0.25, 0.3) is 0 Å². The summed E-state index contributed by atoms with van der Waals surface area (Å²) in [4.78, 5) is 80.3. The third kappa shape index (κ3) is 15.8. The number of cyclic esters (lactones) is 1. The van der Waals surface area contributed by atoms with Crippen LogP contribution in [0.4, 0.5) is 4.79 Å². The van der Waals surface area contributed by atoms with Crippen LogP contribution in [0.5, 0.6) is 5.75 Å². The fraction of sp³-hybridized carbons (Fsp3) is 0.385. The Balaban J connectivity index is 0.00000578. The first-order valence-corrected chi connectivity index (χ1v) is 23.4. The molecule has 1 aliphatic heterocycles. The van der Waals surface area contributed by atoms with Crippen molar-refractivity contribution in [3.63, 3.8) is 0 Å². The van der Waals surface area contributed by atoms with Gasteiger partial charge in [0.05, 0.1) is 52.9 Å². The maximum atomic E-state index is 14.2. The number of carbonyl (C=O) groups is 6. The van der Waals surface area contributed by atoms with Gasteiger partial charge in [0.15, 0.2) is 0 Å². The zero-order valence-corrected chi connectivity index (χ0v) is 44.8. The number of ether oxygens (including phenoxy) is 6. The number of rotatable bonds is 26. The van der Waals surface area contributed by atoms with E-state index in [-0.39, 0.29) is 57.4 Å². The van der Waals surface area contributed by atoms with E-state index in [4.69, 9.17) is 34.2 Å². The van der Waals surface area contributed by atoms with Crippen LogP contribution < -0.4 is 31.7 Å². The van der Waals surface area contributed by atoms with Crippen LogP contribution >= 0.6 is 0 Å². The SMILES string of the molecule is C/C=C1\CC(c2ccc(OC(=O)OCC3c4ccccc4-c4ccccc43)cc2)C(NC(=O)C(Cc2ccccc2)NC(=O)C(CO)NC(=O)C(CO)NC(=O)CCOCCOCCOCCN)C(=O)O1.[Fm].[Fm]. The molecule has 0 saturated carbocycles. The molecule has 73 heavy (non-hydrogen) atoms. The predicted octanol–water partition coefficient (Wildman–Crippen LogP) is 2.51. The molecular weight excluding hydrogens is 1430 g/mol. The first-order chi connectivity index (χ1) is 34.5. The summed E-state index contributed by atoms with van der Waals surface area (Å²) in [6.07, 6.45) is 0.729. The predicted molar refractivity (Wildman–Crippen MR) is 258 cm³/mol. The van der Waals surface area contributed by atoms with Crippen molar-refractivity contribution in [2.24, 2.45) is 5.73 Å². The van der Waals surface area contributed by atoms with E-state index in [1.807, 2.05) is 48.5 Å². The molecule has 1 saturated heterocycles. The number of amides is 4. The normalized spacial score (nSPS) is 16.4. The fourth-order valence-corrected chi connectivity index (χ4v) is 8.18. The van der Waals surface area contributed by atoms with Crippen LogP contribution in [0.3, 0.4) is 0 Å². The first-order valence-electron chi connectivity index (χ1n) is 23.4. The van der Waals surface area contributed by atoms with Gasteiger partial charge >= 0.3 is 12.1 Å². The average molecular weight is 1490 g/mol. The molecule has 5 unspecified atom stereocenters. The molecule has 4 aromatic rings. The molecule has 19 nitrogen and oxygen atoms in total. The average Bonchev–Trinajstić information content (AvgIpc) is 3.71. The minimum absolute atomic E-state index is 0. The Kier molecular flexibility index (Phi) is 22.2. The summed E-state index contributed by atoms with van der Waals surface area (Å²) in [6, 6.07) is 25.4. The van der Waals surface area contributed by atoms with Crippen molar-refractivity contribution < 1.29 is 67.4 Å². The summed E-state index contributed by atoms with van der Waals surface area (Å²) >= 11 is 0. The van der Waals surface area contributed by atoms with Crippen LogP contribution in [0, 0.1) is 0 Å². The Morgan fingerprint density at radius 2 is 1.25 bits per heavy atom. The van der Waals surface area contributed by atoms with E-state index < -0.39 is 79.1 Å². The second kappa shape index (κ2) is 28.6. The van der Waals surface area contributed by atoms with Gasteiger partial charge in [-0.3, -0.25) is 19.2 Å². The van der Waals surface area contributed by atoms with Gasteiger partial charge in [-0.25, -0.2) is 9.59 Å². The van der Waals surface area contributed by atoms with Crippen molar-refractivity contribution in [1.82, 2.24) is 21.3 Å². The van der Waals surface area contributed by atoms with Crippen LogP contribution in [0.25, 0.3) is 11.1 Å². The summed E-state index contributed by atoms with van der Waals surface area (Å²) in [6.45, 7) is 2.06. The number of benzene rings is 4. The van der Waals surface area contributed by atoms with Gasteiger partial charge in [0.2, 0.25) is 23.6 Å². The van der Waals surface area contributed by atoms with Crippen LogP contribution in [0.1, 0.15) is 53.9 Å². The molecule has 0 radical (unpaired) electrons. The number of hydrogen-bond acceptors (Lipinski definition) is 15. The third-order valence-corrected chi connectivity index (χ3v) is 11.8. The second-order valence-electron chi connectivity index (χ2n) is 16.6. The van der Waals surface area contributed by atoms with Gasteiger partial charge in [0, 0.05) is 37.6 Å². The Morgan fingerprint density at radius 1 is 0.699 bits per heavy atom. The number of esters is 1. The monoisotopic (exact) mass is 1490 g/mol. The number of fused-ring (bicyclic) bond motifs is 3. The summed E-state index contributed by atoms with van der Waals surface area (Å²) in [5, 5.41) is 30.2. The molecule has 0 bridgehead atoms. The smallest absolute Gasteiger partial charge is 0.433 e. The second-order valence-corrected chi connectivity index (χ2v) is 16.6. The van der Waals surface area contributed by atoms with Gasteiger partial charge in [0.1, 0.15) is 42.3 Å². The number of aliphatic hydroxyl groups excluding tert-OH is 2. The molecule has 1 fully saturated rings. The van der Waals surface area contributed by atoms with Crippen molar-refractivity contribution in [3.8, 4) is 16.9 Å². The first kappa shape index (κ1) is 56.6. The number of allylic oxidation sites excluding steroid dienone is 2. The van der Waals surface area contributed by atoms with Gasteiger partial charge in [-0.2, -0.15) is 0 Å². The minimum Gasteiger partial charge on any atom is -0.433 e. The van der Waals surface area contributed by atoms with Gasteiger partial charge in [-0.1, -0.05) is 91.0 Å². The van der Waals surface area contributed by atoms with Gasteiger partial charge < -0.3 is 65.6 Å². The van der Waals surface area contributed by atoms with Gasteiger partial charge in [-0.15, -0.1) is 0 Å². The van der Waals surface area contributed by atoms with Crippen molar-refractivity contribution in [1.29, 1.82) is 0 Å². The number of carbonyl (C=O) groups excluding carboxylic acids is 6. The molecule has 4 aromatic carbocycles. The molecule has 0 aromatic heterocycles. The molecule has 8 N–H and O–H groups in total. The maximum absolute atomic E-state index is 14.2. The van der Waals surface area contributed by atoms with E-state index in [9.17, 15) is 39.0 Å².